The van der Waals surface area contributed by atoms with Gasteiger partial charge in [-0.05, 0) is 37.1 Å². The minimum absolute atomic E-state index is 0.129. The van der Waals surface area contributed by atoms with E-state index in [1.165, 1.54) is 4.90 Å². The summed E-state index contributed by atoms with van der Waals surface area (Å²) in [6, 6.07) is 6.09. The number of amides is 2. The molecule has 9 heteroatoms. The molecule has 3 heterocycles. The molecule has 1 unspecified atom stereocenters. The highest BCUT2D eigenvalue weighted by molar-refractivity contribution is 5.96. The Kier molecular flexibility index (Phi) is 4.98. The van der Waals surface area contributed by atoms with Crippen molar-refractivity contribution in [2.45, 2.75) is 12.8 Å². The normalized spacial score (nSPS) is 22.0. The van der Waals surface area contributed by atoms with Gasteiger partial charge in [0, 0.05) is 43.2 Å². The van der Waals surface area contributed by atoms with E-state index in [0.717, 1.165) is 0 Å². The van der Waals surface area contributed by atoms with Crippen LogP contribution in [0.15, 0.2) is 30.3 Å². The number of rotatable bonds is 2. The first kappa shape index (κ1) is 20.7. The summed E-state index contributed by atoms with van der Waals surface area (Å²) in [7, 11) is 0. The lowest BCUT2D eigenvalue weighted by Crippen LogP contribution is -2.36. The molecular weight excluding hydrogens is 425 g/mol. The molecular formula is C23H21F3N2O4. The number of hydrogen-bond acceptors (Lipinski definition) is 4. The molecule has 2 aromatic carbocycles. The third kappa shape index (κ3) is 3.55. The SMILES string of the molecule is O=C(c1ccc2c(c1)OCCO2)N1CCC2(CCN(C(=O)c3cc(F)c(F)cc3F)C2)C1. The number of fused-ring (bicyclic) bond motifs is 1. The summed E-state index contributed by atoms with van der Waals surface area (Å²) >= 11 is 0. The lowest BCUT2D eigenvalue weighted by atomic mass is 9.86. The Morgan fingerprint density at radius 1 is 0.781 bits per heavy atom. The van der Waals surface area contributed by atoms with Gasteiger partial charge in [-0.1, -0.05) is 0 Å². The summed E-state index contributed by atoms with van der Waals surface area (Å²) < 4.78 is 51.8. The Hall–Kier alpha value is -3.23. The predicted octanol–water partition coefficient (Wildman–Crippen LogP) is 3.25. The van der Waals surface area contributed by atoms with Gasteiger partial charge in [0.2, 0.25) is 0 Å². The molecule has 0 bridgehead atoms. The number of carbonyl (C=O) groups is 2. The summed E-state index contributed by atoms with van der Waals surface area (Å²) in [4.78, 5) is 29.0. The molecule has 3 aliphatic heterocycles. The standard InChI is InChI=1S/C23H21F3N2O4/c24-16-11-18(26)17(25)10-15(16)22(30)28-6-4-23(13-28)3-5-27(12-23)21(29)14-1-2-19-20(9-14)32-8-7-31-19/h1-2,9-11H,3-8,12-13H2. The van der Waals surface area contributed by atoms with Gasteiger partial charge in [0.15, 0.2) is 23.1 Å². The first-order valence-corrected chi connectivity index (χ1v) is 10.5. The van der Waals surface area contributed by atoms with Crippen molar-refractivity contribution in [1.82, 2.24) is 9.80 Å². The van der Waals surface area contributed by atoms with Gasteiger partial charge in [0.05, 0.1) is 5.56 Å². The van der Waals surface area contributed by atoms with Crippen molar-refractivity contribution in [2.24, 2.45) is 5.41 Å². The van der Waals surface area contributed by atoms with Crippen LogP contribution < -0.4 is 9.47 Å². The van der Waals surface area contributed by atoms with Gasteiger partial charge in [-0.25, -0.2) is 13.2 Å². The zero-order chi connectivity index (χ0) is 22.5. The fourth-order valence-corrected chi connectivity index (χ4v) is 4.77. The molecule has 5 rings (SSSR count). The smallest absolute Gasteiger partial charge is 0.256 e. The molecule has 0 aliphatic carbocycles. The molecule has 1 spiro atoms. The molecule has 6 nitrogen and oxygen atoms in total. The molecule has 0 N–H and O–H groups in total. The first-order chi connectivity index (χ1) is 15.3. The van der Waals surface area contributed by atoms with Gasteiger partial charge in [0.1, 0.15) is 19.0 Å². The van der Waals surface area contributed by atoms with Crippen LogP contribution in [0.1, 0.15) is 33.6 Å². The summed E-state index contributed by atoms with van der Waals surface area (Å²) in [5, 5.41) is 0. The predicted molar refractivity (Wildman–Crippen MR) is 107 cm³/mol. The molecule has 2 amide bonds. The van der Waals surface area contributed by atoms with E-state index in [0.29, 0.717) is 81.4 Å². The van der Waals surface area contributed by atoms with Crippen LogP contribution in [-0.4, -0.2) is 61.0 Å². The van der Waals surface area contributed by atoms with Gasteiger partial charge in [-0.3, -0.25) is 9.59 Å². The maximum Gasteiger partial charge on any atom is 0.256 e. The van der Waals surface area contributed by atoms with Crippen LogP contribution in [0.25, 0.3) is 0 Å². The lowest BCUT2D eigenvalue weighted by Gasteiger charge is -2.25. The molecule has 168 valence electrons. The van der Waals surface area contributed by atoms with E-state index < -0.39 is 28.9 Å². The van der Waals surface area contributed by atoms with Crippen LogP contribution >= 0.6 is 0 Å². The highest BCUT2D eigenvalue weighted by atomic mass is 19.2. The topological polar surface area (TPSA) is 59.1 Å². The molecule has 3 aliphatic rings. The van der Waals surface area contributed by atoms with Gasteiger partial charge in [0.25, 0.3) is 11.8 Å². The Morgan fingerprint density at radius 3 is 2.12 bits per heavy atom. The van der Waals surface area contributed by atoms with E-state index in [2.05, 4.69) is 0 Å². The van der Waals surface area contributed by atoms with Gasteiger partial charge in [-0.2, -0.15) is 0 Å². The molecule has 0 radical (unpaired) electrons. The second kappa shape index (κ2) is 7.72. The highest BCUT2D eigenvalue weighted by Crippen LogP contribution is 2.41. The molecule has 1 atom stereocenters. The monoisotopic (exact) mass is 446 g/mol. The van der Waals surface area contributed by atoms with E-state index in [-0.39, 0.29) is 11.3 Å². The molecule has 2 saturated heterocycles. The number of carbonyl (C=O) groups excluding carboxylic acids is 2. The summed E-state index contributed by atoms with van der Waals surface area (Å²) in [5.41, 5.74) is -0.280. The first-order valence-electron chi connectivity index (χ1n) is 10.5. The van der Waals surface area contributed by atoms with Crippen molar-refractivity contribution in [3.05, 3.63) is 58.9 Å². The minimum atomic E-state index is -1.33. The Morgan fingerprint density at radius 2 is 1.41 bits per heavy atom. The van der Waals surface area contributed by atoms with Crippen LogP contribution in [0, 0.1) is 22.9 Å². The Bertz CT molecular complexity index is 1110. The second-order valence-electron chi connectivity index (χ2n) is 8.56. The molecule has 0 aromatic heterocycles. The molecule has 2 fully saturated rings. The number of benzene rings is 2. The fraction of sp³-hybridized carbons (Fsp3) is 0.391. The summed E-state index contributed by atoms with van der Waals surface area (Å²) in [6.07, 6.45) is 1.35. The van der Waals surface area contributed by atoms with Crippen LogP contribution in [0.2, 0.25) is 0 Å². The van der Waals surface area contributed by atoms with E-state index in [9.17, 15) is 22.8 Å². The lowest BCUT2D eigenvalue weighted by molar-refractivity contribution is 0.0752. The number of hydrogen-bond donors (Lipinski definition) is 0. The van der Waals surface area contributed by atoms with E-state index in [1.54, 1.807) is 23.1 Å². The van der Waals surface area contributed by atoms with Crippen molar-refractivity contribution in [3.8, 4) is 11.5 Å². The second-order valence-corrected chi connectivity index (χ2v) is 8.56. The van der Waals surface area contributed by atoms with Crippen LogP contribution in [0.3, 0.4) is 0 Å². The Balaban J connectivity index is 1.28. The average Bonchev–Trinajstić information content (AvgIpc) is 3.42. The summed E-state index contributed by atoms with van der Waals surface area (Å²) in [5.74, 6) is -3.33. The number of nitrogens with zero attached hydrogens (tertiary/aromatic N) is 2. The van der Waals surface area contributed by atoms with Crippen LogP contribution in [0.4, 0.5) is 13.2 Å². The van der Waals surface area contributed by atoms with Crippen LogP contribution in [-0.2, 0) is 0 Å². The van der Waals surface area contributed by atoms with Gasteiger partial charge < -0.3 is 19.3 Å². The van der Waals surface area contributed by atoms with E-state index >= 15 is 0 Å². The maximum absolute atomic E-state index is 14.1. The van der Waals surface area contributed by atoms with Crippen molar-refractivity contribution < 1.29 is 32.2 Å². The van der Waals surface area contributed by atoms with E-state index in [4.69, 9.17) is 9.47 Å². The highest BCUT2D eigenvalue weighted by Gasteiger charge is 2.46. The van der Waals surface area contributed by atoms with Gasteiger partial charge >= 0.3 is 0 Å². The molecule has 2 aromatic rings. The van der Waals surface area contributed by atoms with Crippen molar-refractivity contribution >= 4 is 11.8 Å². The Labute approximate surface area is 182 Å². The average molecular weight is 446 g/mol. The quantitative estimate of drug-likeness (QED) is 0.665. The minimum Gasteiger partial charge on any atom is -0.486 e. The number of ether oxygens (including phenoxy) is 2. The zero-order valence-electron chi connectivity index (χ0n) is 17.2. The van der Waals surface area contributed by atoms with Crippen molar-refractivity contribution in [1.29, 1.82) is 0 Å². The van der Waals surface area contributed by atoms with Crippen molar-refractivity contribution in [2.75, 3.05) is 39.4 Å². The number of halogens is 3. The zero-order valence-corrected chi connectivity index (χ0v) is 17.2. The third-order valence-electron chi connectivity index (χ3n) is 6.48. The van der Waals surface area contributed by atoms with Crippen LogP contribution in [0.5, 0.6) is 11.5 Å². The fourth-order valence-electron chi connectivity index (χ4n) is 4.77. The number of likely N-dealkylation sites (tertiary alicyclic amines) is 2. The summed E-state index contributed by atoms with van der Waals surface area (Å²) in [6.45, 7) is 2.59. The largest absolute Gasteiger partial charge is 0.486 e. The van der Waals surface area contributed by atoms with Gasteiger partial charge in [-0.15, -0.1) is 0 Å². The maximum atomic E-state index is 14.1. The molecule has 32 heavy (non-hydrogen) atoms. The molecule has 0 saturated carbocycles. The van der Waals surface area contributed by atoms with E-state index in [1.807, 2.05) is 0 Å². The van der Waals surface area contributed by atoms with Crippen molar-refractivity contribution in [3.63, 3.8) is 0 Å². The third-order valence-corrected chi connectivity index (χ3v) is 6.48.